The summed E-state index contributed by atoms with van der Waals surface area (Å²) < 4.78 is 4.89. The normalized spacial score (nSPS) is 12.8. The molecule has 1 atom stereocenters. The van der Waals surface area contributed by atoms with Gasteiger partial charge in [0.05, 0.1) is 12.0 Å². The number of carbonyl (C=O) groups is 1. The molecule has 0 rings (SSSR count). The first-order valence-electron chi connectivity index (χ1n) is 3.41. The maximum atomic E-state index is 10.9. The lowest BCUT2D eigenvalue weighted by molar-refractivity contribution is -0.150. The third kappa shape index (κ3) is 3.28. The minimum absolute atomic E-state index is 0.0325. The summed E-state index contributed by atoms with van der Waals surface area (Å²) in [6.45, 7) is 8.90. The molecule has 0 amide bonds. The predicted octanol–water partition coefficient (Wildman–Crippen LogP) is 1.76. The Bertz CT molecular complexity index is 127. The number of esters is 1. The molecular weight excluding hydrogens is 128 g/mol. The fraction of sp³-hybridized carbons (Fsp3) is 0.625. The smallest absolute Gasteiger partial charge is 0.312 e. The van der Waals surface area contributed by atoms with Crippen molar-refractivity contribution in [1.29, 1.82) is 0 Å². The molecule has 0 heterocycles. The first kappa shape index (κ1) is 9.21. The molecule has 0 aromatic heterocycles. The largest absolute Gasteiger partial charge is 0.463 e. The van der Waals surface area contributed by atoms with Gasteiger partial charge in [0.1, 0.15) is 0 Å². The fourth-order valence-electron chi connectivity index (χ4n) is 0.436. The second kappa shape index (κ2) is 4.09. The Kier molecular flexibility index (Phi) is 3.77. The van der Waals surface area contributed by atoms with Gasteiger partial charge in [-0.05, 0) is 20.8 Å². The van der Waals surface area contributed by atoms with Crippen LogP contribution in [0.1, 0.15) is 20.8 Å². The van der Waals surface area contributed by atoms with Crippen LogP contribution >= 0.6 is 0 Å². The van der Waals surface area contributed by atoms with Gasteiger partial charge in [-0.2, -0.15) is 0 Å². The molecule has 0 aliphatic carbocycles. The molecular formula is C8H14O2. The van der Waals surface area contributed by atoms with Gasteiger partial charge in [-0.25, -0.2) is 0 Å². The lowest BCUT2D eigenvalue weighted by Crippen LogP contribution is -2.16. The quantitative estimate of drug-likeness (QED) is 0.443. The molecule has 0 fully saturated rings. The highest BCUT2D eigenvalue weighted by Gasteiger charge is 2.10. The van der Waals surface area contributed by atoms with Crippen LogP contribution in [0.3, 0.4) is 0 Å². The molecule has 0 bridgehead atoms. The van der Waals surface area contributed by atoms with E-state index in [-0.39, 0.29) is 18.0 Å². The van der Waals surface area contributed by atoms with Crippen molar-refractivity contribution in [1.82, 2.24) is 0 Å². The van der Waals surface area contributed by atoms with Gasteiger partial charge in [-0.15, -0.1) is 6.58 Å². The Labute approximate surface area is 61.9 Å². The van der Waals surface area contributed by atoms with E-state index in [1.54, 1.807) is 13.0 Å². The lowest BCUT2D eigenvalue weighted by Gasteiger charge is -2.09. The topological polar surface area (TPSA) is 26.3 Å². The van der Waals surface area contributed by atoms with E-state index in [0.717, 1.165) is 0 Å². The van der Waals surface area contributed by atoms with Crippen molar-refractivity contribution < 1.29 is 9.53 Å². The summed E-state index contributed by atoms with van der Waals surface area (Å²) in [7, 11) is 0. The van der Waals surface area contributed by atoms with Gasteiger partial charge >= 0.3 is 5.97 Å². The van der Waals surface area contributed by atoms with Crippen molar-refractivity contribution in [2.75, 3.05) is 0 Å². The molecule has 10 heavy (non-hydrogen) atoms. The number of hydrogen-bond donors (Lipinski definition) is 0. The van der Waals surface area contributed by atoms with Gasteiger partial charge in [-0.1, -0.05) is 6.08 Å². The number of carbonyl (C=O) groups excluding carboxylic acids is 1. The summed E-state index contributed by atoms with van der Waals surface area (Å²) in [4.78, 5) is 10.9. The van der Waals surface area contributed by atoms with Crippen LogP contribution in [0.4, 0.5) is 0 Å². The predicted molar refractivity (Wildman–Crippen MR) is 40.6 cm³/mol. The van der Waals surface area contributed by atoms with Gasteiger partial charge in [0.25, 0.3) is 0 Å². The van der Waals surface area contributed by atoms with Gasteiger partial charge < -0.3 is 4.74 Å². The summed E-state index contributed by atoms with van der Waals surface area (Å²) in [5.41, 5.74) is 0. The zero-order valence-electron chi connectivity index (χ0n) is 6.76. The molecule has 0 spiro atoms. The molecule has 58 valence electrons. The second-order valence-electron chi connectivity index (χ2n) is 2.51. The Morgan fingerprint density at radius 1 is 1.50 bits per heavy atom. The maximum absolute atomic E-state index is 10.9. The zero-order chi connectivity index (χ0) is 8.15. The van der Waals surface area contributed by atoms with Crippen LogP contribution in [-0.4, -0.2) is 12.1 Å². The first-order valence-corrected chi connectivity index (χ1v) is 3.41. The second-order valence-corrected chi connectivity index (χ2v) is 2.51. The summed E-state index contributed by atoms with van der Waals surface area (Å²) in [6, 6.07) is 0. The van der Waals surface area contributed by atoms with Crippen molar-refractivity contribution in [3.05, 3.63) is 12.7 Å². The van der Waals surface area contributed by atoms with E-state index in [9.17, 15) is 4.79 Å². The van der Waals surface area contributed by atoms with Crippen molar-refractivity contribution >= 4 is 5.97 Å². The lowest BCUT2D eigenvalue weighted by atomic mass is 10.2. The van der Waals surface area contributed by atoms with Gasteiger partial charge in [0, 0.05) is 0 Å². The number of hydrogen-bond acceptors (Lipinski definition) is 2. The maximum Gasteiger partial charge on any atom is 0.312 e. The molecule has 0 aliphatic rings. The number of ether oxygens (including phenoxy) is 1. The molecule has 0 saturated heterocycles. The molecule has 0 saturated carbocycles. The average Bonchev–Trinajstić information content (AvgIpc) is 1.85. The summed E-state index contributed by atoms with van der Waals surface area (Å²) in [6.07, 6.45) is 1.54. The van der Waals surface area contributed by atoms with Gasteiger partial charge in [0.2, 0.25) is 0 Å². The summed E-state index contributed by atoms with van der Waals surface area (Å²) in [5.74, 6) is -0.396. The summed E-state index contributed by atoms with van der Waals surface area (Å²) >= 11 is 0. The highest BCUT2D eigenvalue weighted by atomic mass is 16.5. The van der Waals surface area contributed by atoms with Crippen LogP contribution in [-0.2, 0) is 9.53 Å². The van der Waals surface area contributed by atoms with Crippen molar-refractivity contribution in [3.63, 3.8) is 0 Å². The minimum atomic E-state index is -0.204. The van der Waals surface area contributed by atoms with E-state index in [1.165, 1.54) is 0 Å². The van der Waals surface area contributed by atoms with Crippen LogP contribution in [0.25, 0.3) is 0 Å². The van der Waals surface area contributed by atoms with Crippen molar-refractivity contribution in [2.24, 2.45) is 5.92 Å². The van der Waals surface area contributed by atoms with E-state index < -0.39 is 0 Å². The summed E-state index contributed by atoms with van der Waals surface area (Å²) in [5, 5.41) is 0. The molecule has 0 aliphatic heterocycles. The van der Waals surface area contributed by atoms with Crippen LogP contribution in [0.5, 0.6) is 0 Å². The SMILES string of the molecule is C=CC(C)C(=O)OC(C)C. The molecule has 0 N–H and O–H groups in total. The standard InChI is InChI=1S/C8H14O2/c1-5-7(4)8(9)10-6(2)3/h5-7H,1H2,2-4H3. The van der Waals surface area contributed by atoms with E-state index in [2.05, 4.69) is 6.58 Å². The Balaban J connectivity index is 3.73. The third-order valence-corrected chi connectivity index (χ3v) is 1.08. The van der Waals surface area contributed by atoms with E-state index in [0.29, 0.717) is 0 Å². The van der Waals surface area contributed by atoms with Crippen LogP contribution in [0.15, 0.2) is 12.7 Å². The Hall–Kier alpha value is -0.790. The van der Waals surface area contributed by atoms with Gasteiger partial charge in [0.15, 0.2) is 0 Å². The fourth-order valence-corrected chi connectivity index (χ4v) is 0.436. The molecule has 0 aromatic carbocycles. The minimum Gasteiger partial charge on any atom is -0.463 e. The van der Waals surface area contributed by atoms with Crippen LogP contribution < -0.4 is 0 Å². The van der Waals surface area contributed by atoms with E-state index >= 15 is 0 Å². The van der Waals surface area contributed by atoms with Crippen LogP contribution in [0.2, 0.25) is 0 Å². The molecule has 0 radical (unpaired) electrons. The molecule has 1 unspecified atom stereocenters. The van der Waals surface area contributed by atoms with Crippen molar-refractivity contribution in [2.45, 2.75) is 26.9 Å². The first-order chi connectivity index (χ1) is 4.57. The average molecular weight is 142 g/mol. The highest BCUT2D eigenvalue weighted by molar-refractivity contribution is 5.73. The Morgan fingerprint density at radius 3 is 2.30 bits per heavy atom. The highest BCUT2D eigenvalue weighted by Crippen LogP contribution is 2.01. The van der Waals surface area contributed by atoms with E-state index in [1.807, 2.05) is 13.8 Å². The third-order valence-electron chi connectivity index (χ3n) is 1.08. The molecule has 0 aromatic rings. The van der Waals surface area contributed by atoms with Crippen molar-refractivity contribution in [3.8, 4) is 0 Å². The molecule has 2 nitrogen and oxygen atoms in total. The molecule has 2 heteroatoms. The monoisotopic (exact) mass is 142 g/mol. The number of rotatable bonds is 3. The Morgan fingerprint density at radius 2 is 2.00 bits per heavy atom. The van der Waals surface area contributed by atoms with Crippen LogP contribution in [0, 0.1) is 5.92 Å². The zero-order valence-corrected chi connectivity index (χ0v) is 6.76. The van der Waals surface area contributed by atoms with Gasteiger partial charge in [-0.3, -0.25) is 4.79 Å². The van der Waals surface area contributed by atoms with E-state index in [4.69, 9.17) is 4.74 Å².